The Bertz CT molecular complexity index is 353. The van der Waals surface area contributed by atoms with Crippen molar-refractivity contribution in [2.45, 2.75) is 39.5 Å². The third-order valence-corrected chi connectivity index (χ3v) is 5.15. The summed E-state index contributed by atoms with van der Waals surface area (Å²) in [6.07, 6.45) is 5.53. The number of halogens is 1. The van der Waals surface area contributed by atoms with E-state index in [4.69, 9.17) is 9.73 Å². The molecule has 0 aromatic heterocycles. The van der Waals surface area contributed by atoms with E-state index in [9.17, 15) is 0 Å². The zero-order chi connectivity index (χ0) is 16.5. The minimum atomic E-state index is 0. The van der Waals surface area contributed by atoms with Crippen molar-refractivity contribution in [1.29, 1.82) is 0 Å². The molecule has 0 aromatic carbocycles. The first-order valence-corrected chi connectivity index (χ1v) is 9.48. The number of nitrogens with one attached hydrogen (secondary N) is 1. The first-order chi connectivity index (χ1) is 11.2. The van der Waals surface area contributed by atoms with Gasteiger partial charge in [-0.25, -0.2) is 0 Å². The number of hydrogen-bond donors (Lipinski definition) is 1. The molecule has 0 aromatic rings. The van der Waals surface area contributed by atoms with Gasteiger partial charge in [-0.1, -0.05) is 19.8 Å². The molecule has 1 aliphatic carbocycles. The highest BCUT2D eigenvalue weighted by Crippen LogP contribution is 2.28. The molecule has 142 valence electrons. The average Bonchev–Trinajstić information content (AvgIpc) is 2.57. The van der Waals surface area contributed by atoms with E-state index in [1.807, 2.05) is 0 Å². The number of morpholine rings is 1. The van der Waals surface area contributed by atoms with E-state index >= 15 is 0 Å². The second-order valence-corrected chi connectivity index (χ2v) is 7.20. The summed E-state index contributed by atoms with van der Waals surface area (Å²) in [5, 5.41) is 3.45. The van der Waals surface area contributed by atoms with Gasteiger partial charge in [-0.3, -0.25) is 9.89 Å². The highest BCUT2D eigenvalue weighted by atomic mass is 127. The van der Waals surface area contributed by atoms with Gasteiger partial charge in [0.25, 0.3) is 0 Å². The maximum atomic E-state index is 5.40. The van der Waals surface area contributed by atoms with Crippen LogP contribution in [0, 0.1) is 11.8 Å². The van der Waals surface area contributed by atoms with E-state index in [1.54, 1.807) is 0 Å². The Morgan fingerprint density at radius 1 is 1.21 bits per heavy atom. The van der Waals surface area contributed by atoms with Crippen molar-refractivity contribution < 1.29 is 4.74 Å². The third kappa shape index (κ3) is 7.87. The summed E-state index contributed by atoms with van der Waals surface area (Å²) in [5.74, 6) is 2.82. The summed E-state index contributed by atoms with van der Waals surface area (Å²) in [6.45, 7) is 12.3. The lowest BCUT2D eigenvalue weighted by Crippen LogP contribution is -2.43. The molecule has 0 unspecified atom stereocenters. The van der Waals surface area contributed by atoms with Gasteiger partial charge in [-0.2, -0.15) is 0 Å². The van der Waals surface area contributed by atoms with Gasteiger partial charge in [0, 0.05) is 39.8 Å². The fourth-order valence-electron chi connectivity index (χ4n) is 3.58. The summed E-state index contributed by atoms with van der Waals surface area (Å²) < 4.78 is 5.40. The lowest BCUT2D eigenvalue weighted by Gasteiger charge is -2.31. The van der Waals surface area contributed by atoms with Crippen molar-refractivity contribution in [3.8, 4) is 0 Å². The number of guanidine groups is 1. The molecule has 5 nitrogen and oxygen atoms in total. The van der Waals surface area contributed by atoms with Gasteiger partial charge in [-0.05, 0) is 31.6 Å². The van der Waals surface area contributed by atoms with Gasteiger partial charge in [-0.15, -0.1) is 24.0 Å². The summed E-state index contributed by atoms with van der Waals surface area (Å²) in [4.78, 5) is 9.62. The van der Waals surface area contributed by atoms with Crippen LogP contribution in [0.4, 0.5) is 0 Å². The van der Waals surface area contributed by atoms with Crippen molar-refractivity contribution in [2.75, 3.05) is 59.5 Å². The molecular formula is C18H37IN4O. The van der Waals surface area contributed by atoms with Crippen LogP contribution in [-0.4, -0.2) is 75.3 Å². The van der Waals surface area contributed by atoms with Crippen molar-refractivity contribution in [3.05, 3.63) is 0 Å². The second kappa shape index (κ2) is 12.3. The van der Waals surface area contributed by atoms with E-state index in [2.05, 4.69) is 36.0 Å². The fourth-order valence-corrected chi connectivity index (χ4v) is 3.58. The molecule has 1 saturated carbocycles. The van der Waals surface area contributed by atoms with Gasteiger partial charge >= 0.3 is 0 Å². The van der Waals surface area contributed by atoms with Crippen LogP contribution in [-0.2, 0) is 4.74 Å². The molecule has 0 atom stereocenters. The Balaban J connectivity index is 0.00000288. The Kier molecular flexibility index (Phi) is 11.3. The van der Waals surface area contributed by atoms with Crippen LogP contribution in [0.25, 0.3) is 0 Å². The smallest absolute Gasteiger partial charge is 0.193 e. The molecule has 0 radical (unpaired) electrons. The second-order valence-electron chi connectivity index (χ2n) is 7.20. The molecule has 1 heterocycles. The Labute approximate surface area is 165 Å². The quantitative estimate of drug-likeness (QED) is 0.382. The summed E-state index contributed by atoms with van der Waals surface area (Å²) in [6, 6.07) is 0. The number of hydrogen-bond acceptors (Lipinski definition) is 3. The molecule has 2 fully saturated rings. The zero-order valence-electron chi connectivity index (χ0n) is 15.8. The van der Waals surface area contributed by atoms with Gasteiger partial charge in [0.15, 0.2) is 5.96 Å². The average molecular weight is 452 g/mol. The minimum Gasteiger partial charge on any atom is -0.379 e. The van der Waals surface area contributed by atoms with Gasteiger partial charge in [0.2, 0.25) is 0 Å². The fraction of sp³-hybridized carbons (Fsp3) is 0.944. The van der Waals surface area contributed by atoms with E-state index < -0.39 is 0 Å². The van der Waals surface area contributed by atoms with Crippen LogP contribution < -0.4 is 5.32 Å². The summed E-state index contributed by atoms with van der Waals surface area (Å²) in [7, 11) is 2.19. The number of nitrogens with zero attached hydrogens (tertiary/aromatic N) is 3. The molecule has 0 bridgehead atoms. The van der Waals surface area contributed by atoms with Crippen molar-refractivity contribution >= 4 is 29.9 Å². The van der Waals surface area contributed by atoms with Crippen molar-refractivity contribution in [1.82, 2.24) is 15.1 Å². The van der Waals surface area contributed by atoms with Crippen LogP contribution in [0.2, 0.25) is 0 Å². The Hall–Kier alpha value is -0.0800. The topological polar surface area (TPSA) is 40.1 Å². The van der Waals surface area contributed by atoms with Gasteiger partial charge < -0.3 is 15.0 Å². The minimum absolute atomic E-state index is 0. The molecule has 1 aliphatic heterocycles. The SMILES string of the molecule is CCNC(=NCCN1CCOCC1)N(C)CC1CCC(C)CC1.I. The normalized spacial score (nSPS) is 25.9. The molecule has 0 amide bonds. The molecular weight excluding hydrogens is 415 g/mol. The van der Waals surface area contributed by atoms with E-state index in [-0.39, 0.29) is 24.0 Å². The number of aliphatic imine (C=N–C) groups is 1. The summed E-state index contributed by atoms with van der Waals surface area (Å²) >= 11 is 0. The van der Waals surface area contributed by atoms with Crippen LogP contribution in [0.3, 0.4) is 0 Å². The molecule has 1 N–H and O–H groups in total. The standard InChI is InChI=1S/C18H36N4O.HI/c1-4-19-18(20-9-10-22-11-13-23-14-12-22)21(3)15-17-7-5-16(2)6-8-17;/h16-17H,4-15H2,1-3H3,(H,19,20);1H. The first kappa shape index (κ1) is 22.0. The number of rotatable bonds is 6. The van der Waals surface area contributed by atoms with Crippen LogP contribution in [0.15, 0.2) is 4.99 Å². The van der Waals surface area contributed by atoms with E-state index in [0.717, 1.165) is 70.3 Å². The van der Waals surface area contributed by atoms with Crippen molar-refractivity contribution in [3.63, 3.8) is 0 Å². The van der Waals surface area contributed by atoms with E-state index in [0.29, 0.717) is 0 Å². The van der Waals surface area contributed by atoms with Crippen LogP contribution in [0.5, 0.6) is 0 Å². The van der Waals surface area contributed by atoms with Gasteiger partial charge in [0.1, 0.15) is 0 Å². The molecule has 6 heteroatoms. The number of ether oxygens (including phenoxy) is 1. The highest BCUT2D eigenvalue weighted by Gasteiger charge is 2.20. The predicted molar refractivity (Wildman–Crippen MR) is 112 cm³/mol. The maximum Gasteiger partial charge on any atom is 0.193 e. The lowest BCUT2D eigenvalue weighted by atomic mass is 9.83. The molecule has 0 spiro atoms. The largest absolute Gasteiger partial charge is 0.379 e. The summed E-state index contributed by atoms with van der Waals surface area (Å²) in [5.41, 5.74) is 0. The maximum absolute atomic E-state index is 5.40. The molecule has 2 aliphatic rings. The van der Waals surface area contributed by atoms with Crippen LogP contribution in [0.1, 0.15) is 39.5 Å². The van der Waals surface area contributed by atoms with Crippen LogP contribution >= 0.6 is 24.0 Å². The zero-order valence-corrected chi connectivity index (χ0v) is 18.1. The highest BCUT2D eigenvalue weighted by molar-refractivity contribution is 14.0. The molecule has 2 rings (SSSR count). The molecule has 1 saturated heterocycles. The monoisotopic (exact) mass is 452 g/mol. The third-order valence-electron chi connectivity index (χ3n) is 5.15. The lowest BCUT2D eigenvalue weighted by molar-refractivity contribution is 0.0394. The Morgan fingerprint density at radius 3 is 2.50 bits per heavy atom. The van der Waals surface area contributed by atoms with Crippen molar-refractivity contribution in [2.24, 2.45) is 16.8 Å². The van der Waals surface area contributed by atoms with Gasteiger partial charge in [0.05, 0.1) is 19.8 Å². The Morgan fingerprint density at radius 2 is 1.88 bits per heavy atom. The molecule has 24 heavy (non-hydrogen) atoms. The van der Waals surface area contributed by atoms with E-state index in [1.165, 1.54) is 25.7 Å². The first-order valence-electron chi connectivity index (χ1n) is 9.48. The predicted octanol–water partition coefficient (Wildman–Crippen LogP) is 2.66.